The van der Waals surface area contributed by atoms with Gasteiger partial charge in [0.2, 0.25) is 0 Å². The van der Waals surface area contributed by atoms with Crippen LogP contribution in [0.3, 0.4) is 0 Å². The maximum absolute atomic E-state index is 10.5. The Morgan fingerprint density at radius 2 is 2.30 bits per heavy atom. The molecular formula is C15H18N2O2S. The van der Waals surface area contributed by atoms with Gasteiger partial charge < -0.3 is 9.84 Å². The standard InChI is InChI=1S/C15H18N2O2S/c1-2-12-15(20-17-16-12)13(18)9-10-7-8-19-14-6-4-3-5-11(10)14/h3-6,10,13,18H,2,7-9H2,1H3. The number of aliphatic hydroxyl groups is 1. The predicted octanol–water partition coefficient (Wildman–Crippen LogP) is 3.09. The van der Waals surface area contributed by atoms with E-state index in [-0.39, 0.29) is 0 Å². The molecule has 106 valence electrons. The highest BCUT2D eigenvalue weighted by atomic mass is 32.1. The molecule has 3 rings (SSSR count). The number of hydrogen-bond acceptors (Lipinski definition) is 5. The second-order valence-electron chi connectivity index (χ2n) is 5.06. The highest BCUT2D eigenvalue weighted by Crippen LogP contribution is 2.39. The molecule has 0 fully saturated rings. The molecule has 20 heavy (non-hydrogen) atoms. The number of hydrogen-bond donors (Lipinski definition) is 1. The van der Waals surface area contributed by atoms with Gasteiger partial charge in [-0.05, 0) is 48.3 Å². The van der Waals surface area contributed by atoms with Crippen LogP contribution in [0.25, 0.3) is 0 Å². The van der Waals surface area contributed by atoms with Crippen LogP contribution in [0, 0.1) is 0 Å². The number of ether oxygens (including phenoxy) is 1. The Morgan fingerprint density at radius 1 is 1.45 bits per heavy atom. The molecule has 2 heterocycles. The van der Waals surface area contributed by atoms with Crippen LogP contribution in [0.4, 0.5) is 0 Å². The Hall–Kier alpha value is -1.46. The predicted molar refractivity (Wildman–Crippen MR) is 78.2 cm³/mol. The topological polar surface area (TPSA) is 55.2 Å². The number of aromatic nitrogens is 2. The quantitative estimate of drug-likeness (QED) is 0.940. The zero-order chi connectivity index (χ0) is 13.9. The van der Waals surface area contributed by atoms with Crippen LogP contribution in [0.1, 0.15) is 47.9 Å². The Bertz CT molecular complexity index is 585. The Balaban J connectivity index is 1.79. The van der Waals surface area contributed by atoms with Gasteiger partial charge in [0.05, 0.1) is 23.3 Å². The highest BCUT2D eigenvalue weighted by molar-refractivity contribution is 7.05. The van der Waals surface area contributed by atoms with Gasteiger partial charge in [-0.2, -0.15) is 0 Å². The number of aryl methyl sites for hydroxylation is 1. The summed E-state index contributed by atoms with van der Waals surface area (Å²) in [5.74, 6) is 1.29. The fraction of sp³-hybridized carbons (Fsp3) is 0.467. The van der Waals surface area contributed by atoms with Crippen molar-refractivity contribution in [3.8, 4) is 5.75 Å². The van der Waals surface area contributed by atoms with Gasteiger partial charge in [0.25, 0.3) is 0 Å². The van der Waals surface area contributed by atoms with Gasteiger partial charge in [-0.3, -0.25) is 0 Å². The monoisotopic (exact) mass is 290 g/mol. The summed E-state index contributed by atoms with van der Waals surface area (Å²) in [7, 11) is 0. The molecule has 0 aliphatic carbocycles. The molecule has 0 spiro atoms. The van der Waals surface area contributed by atoms with Crippen molar-refractivity contribution in [1.29, 1.82) is 0 Å². The lowest BCUT2D eigenvalue weighted by Crippen LogP contribution is -2.16. The fourth-order valence-corrected chi connectivity index (χ4v) is 3.49. The molecule has 4 nitrogen and oxygen atoms in total. The van der Waals surface area contributed by atoms with Crippen molar-refractivity contribution in [2.24, 2.45) is 0 Å². The van der Waals surface area contributed by atoms with Gasteiger partial charge in [0, 0.05) is 0 Å². The van der Waals surface area contributed by atoms with Crippen LogP contribution in [-0.4, -0.2) is 21.3 Å². The van der Waals surface area contributed by atoms with Crippen molar-refractivity contribution in [3.05, 3.63) is 40.4 Å². The molecule has 2 aromatic rings. The van der Waals surface area contributed by atoms with Crippen molar-refractivity contribution < 1.29 is 9.84 Å². The summed E-state index contributed by atoms with van der Waals surface area (Å²) >= 11 is 1.31. The Labute approximate surface area is 122 Å². The second-order valence-corrected chi connectivity index (χ2v) is 5.85. The van der Waals surface area contributed by atoms with Crippen LogP contribution in [0.2, 0.25) is 0 Å². The normalized spacial score (nSPS) is 19.2. The molecule has 0 saturated heterocycles. The third kappa shape index (κ3) is 2.55. The van der Waals surface area contributed by atoms with E-state index in [1.807, 2.05) is 25.1 Å². The van der Waals surface area contributed by atoms with Crippen LogP contribution >= 0.6 is 11.5 Å². The van der Waals surface area contributed by atoms with Crippen LogP contribution < -0.4 is 4.74 Å². The molecule has 1 aliphatic rings. The number of fused-ring (bicyclic) bond motifs is 1. The van der Waals surface area contributed by atoms with E-state index >= 15 is 0 Å². The minimum atomic E-state index is -0.485. The summed E-state index contributed by atoms with van der Waals surface area (Å²) < 4.78 is 9.63. The van der Waals surface area contributed by atoms with E-state index in [1.54, 1.807) is 0 Å². The van der Waals surface area contributed by atoms with Gasteiger partial charge >= 0.3 is 0 Å². The first kappa shape index (κ1) is 13.5. The smallest absolute Gasteiger partial charge is 0.122 e. The summed E-state index contributed by atoms with van der Waals surface area (Å²) in [5, 5.41) is 14.6. The van der Waals surface area contributed by atoms with E-state index in [2.05, 4.69) is 15.7 Å². The van der Waals surface area contributed by atoms with Crippen molar-refractivity contribution in [3.63, 3.8) is 0 Å². The molecule has 1 aromatic carbocycles. The van der Waals surface area contributed by atoms with Crippen LogP contribution in [-0.2, 0) is 6.42 Å². The van der Waals surface area contributed by atoms with Gasteiger partial charge in [0.1, 0.15) is 5.75 Å². The number of benzene rings is 1. The van der Waals surface area contributed by atoms with Gasteiger partial charge in [-0.15, -0.1) is 5.10 Å². The molecule has 2 atom stereocenters. The lowest BCUT2D eigenvalue weighted by molar-refractivity contribution is 0.147. The summed E-state index contributed by atoms with van der Waals surface area (Å²) in [5.41, 5.74) is 2.12. The molecule has 2 unspecified atom stereocenters. The number of aliphatic hydroxyl groups excluding tert-OH is 1. The van der Waals surface area contributed by atoms with Crippen LogP contribution in [0.5, 0.6) is 5.75 Å². The molecular weight excluding hydrogens is 272 g/mol. The average Bonchev–Trinajstić information content (AvgIpc) is 2.96. The molecule has 0 saturated carbocycles. The molecule has 0 bridgehead atoms. The molecule has 5 heteroatoms. The van der Waals surface area contributed by atoms with Crippen LogP contribution in [0.15, 0.2) is 24.3 Å². The van der Waals surface area contributed by atoms with Crippen molar-refractivity contribution in [1.82, 2.24) is 9.59 Å². The van der Waals surface area contributed by atoms with E-state index in [4.69, 9.17) is 4.74 Å². The minimum absolute atomic E-state index is 0.335. The van der Waals surface area contributed by atoms with Crippen molar-refractivity contribution in [2.75, 3.05) is 6.61 Å². The molecule has 1 N–H and O–H groups in total. The van der Waals surface area contributed by atoms with E-state index in [0.29, 0.717) is 12.3 Å². The van der Waals surface area contributed by atoms with Gasteiger partial charge in [0.15, 0.2) is 0 Å². The van der Waals surface area contributed by atoms with E-state index < -0.39 is 6.10 Å². The lowest BCUT2D eigenvalue weighted by Gasteiger charge is -2.27. The lowest BCUT2D eigenvalue weighted by atomic mass is 9.87. The molecule has 0 radical (unpaired) electrons. The van der Waals surface area contributed by atoms with E-state index in [9.17, 15) is 5.11 Å². The minimum Gasteiger partial charge on any atom is -0.493 e. The zero-order valence-electron chi connectivity index (χ0n) is 11.5. The molecule has 1 aromatic heterocycles. The number of nitrogens with zero attached hydrogens (tertiary/aromatic N) is 2. The molecule has 1 aliphatic heterocycles. The first-order valence-corrected chi connectivity index (χ1v) is 7.77. The van der Waals surface area contributed by atoms with Crippen molar-refractivity contribution in [2.45, 2.75) is 38.2 Å². The summed E-state index contributed by atoms with van der Waals surface area (Å²) in [6, 6.07) is 8.11. The van der Waals surface area contributed by atoms with E-state index in [1.165, 1.54) is 17.1 Å². The maximum atomic E-state index is 10.5. The summed E-state index contributed by atoms with van der Waals surface area (Å²) in [4.78, 5) is 0.913. The maximum Gasteiger partial charge on any atom is 0.122 e. The third-order valence-corrected chi connectivity index (χ3v) is 4.68. The first-order chi connectivity index (χ1) is 9.79. The number of rotatable bonds is 4. The SMILES string of the molecule is CCc1nnsc1C(O)CC1CCOc2ccccc21. The Kier molecular flexibility index (Phi) is 3.98. The Morgan fingerprint density at radius 3 is 3.15 bits per heavy atom. The second kappa shape index (κ2) is 5.89. The van der Waals surface area contributed by atoms with E-state index in [0.717, 1.165) is 35.8 Å². The summed E-state index contributed by atoms with van der Waals surface area (Å²) in [6.45, 7) is 2.76. The summed E-state index contributed by atoms with van der Waals surface area (Å²) in [6.07, 6.45) is 1.98. The zero-order valence-corrected chi connectivity index (χ0v) is 12.3. The van der Waals surface area contributed by atoms with Gasteiger partial charge in [-0.25, -0.2) is 0 Å². The third-order valence-electron chi connectivity index (χ3n) is 3.81. The first-order valence-electron chi connectivity index (χ1n) is 7.00. The largest absolute Gasteiger partial charge is 0.493 e. The highest BCUT2D eigenvalue weighted by Gasteiger charge is 2.26. The average molecular weight is 290 g/mol. The van der Waals surface area contributed by atoms with Crippen molar-refractivity contribution >= 4 is 11.5 Å². The number of para-hydroxylation sites is 1. The fourth-order valence-electron chi connectivity index (χ4n) is 2.75. The molecule has 0 amide bonds. The van der Waals surface area contributed by atoms with Gasteiger partial charge in [-0.1, -0.05) is 29.6 Å².